The van der Waals surface area contributed by atoms with Gasteiger partial charge < -0.3 is 9.47 Å². The summed E-state index contributed by atoms with van der Waals surface area (Å²) in [5.74, 6) is -0.184. The molecule has 1 amide bonds. The topological polar surface area (TPSA) is 50.8 Å². The highest BCUT2D eigenvalue weighted by Gasteiger charge is 2.17. The van der Waals surface area contributed by atoms with Crippen molar-refractivity contribution >= 4 is 11.6 Å². The highest BCUT2D eigenvalue weighted by Crippen LogP contribution is 2.15. The largest absolute Gasteiger partial charge is 0.379 e. The first-order valence-corrected chi connectivity index (χ1v) is 8.57. The van der Waals surface area contributed by atoms with Gasteiger partial charge in [-0.3, -0.25) is 15.2 Å². The summed E-state index contributed by atoms with van der Waals surface area (Å²) < 4.78 is 10.8. The van der Waals surface area contributed by atoms with Crippen LogP contribution in [0.4, 0.5) is 5.69 Å². The van der Waals surface area contributed by atoms with Crippen LogP contribution >= 0.6 is 0 Å². The fourth-order valence-electron chi connectivity index (χ4n) is 2.30. The first-order valence-electron chi connectivity index (χ1n) is 8.57. The van der Waals surface area contributed by atoms with Gasteiger partial charge in [-0.1, -0.05) is 48.5 Å². The van der Waals surface area contributed by atoms with Crippen molar-refractivity contribution in [1.29, 1.82) is 0 Å². The van der Waals surface area contributed by atoms with Gasteiger partial charge in [0.1, 0.15) is 6.10 Å². The fraction of sp³-hybridized carbons (Fsp3) is 0.350. The minimum absolute atomic E-state index is 0.184. The molecule has 25 heavy (non-hydrogen) atoms. The van der Waals surface area contributed by atoms with Crippen LogP contribution in [0, 0.1) is 0 Å². The Hall–Kier alpha value is -2.37. The van der Waals surface area contributed by atoms with Gasteiger partial charge in [0.25, 0.3) is 5.91 Å². The molecule has 134 valence electrons. The molecule has 0 bridgehead atoms. The number of hydrogen-bond acceptors (Lipinski definition) is 4. The molecule has 0 saturated heterocycles. The molecule has 0 fully saturated rings. The smallest absolute Gasteiger partial charge is 0.267 e. The molecule has 0 aliphatic carbocycles. The van der Waals surface area contributed by atoms with E-state index in [2.05, 4.69) is 5.43 Å². The monoisotopic (exact) mass is 342 g/mol. The Labute approximate surface area is 149 Å². The third kappa shape index (κ3) is 6.57. The Bertz CT molecular complexity index is 619. The maximum Gasteiger partial charge on any atom is 0.267 e. The van der Waals surface area contributed by atoms with Gasteiger partial charge in [-0.2, -0.15) is 0 Å². The van der Waals surface area contributed by atoms with Gasteiger partial charge in [-0.05, 0) is 31.5 Å². The molecular weight excluding hydrogens is 316 g/mol. The second kappa shape index (κ2) is 10.5. The van der Waals surface area contributed by atoms with Crippen LogP contribution in [-0.4, -0.2) is 31.8 Å². The van der Waals surface area contributed by atoms with E-state index < -0.39 is 6.10 Å². The standard InChI is InChI=1S/C20H26N2O3/c1-3-24-14-15-25-17(2)20(23)21-22(19-12-8-5-9-13-19)16-18-10-6-4-7-11-18/h4-13,17H,3,14-16H2,1-2H3,(H,21,23). The highest BCUT2D eigenvalue weighted by atomic mass is 16.5. The first kappa shape index (κ1) is 19.0. The molecule has 5 heteroatoms. The third-order valence-electron chi connectivity index (χ3n) is 3.67. The van der Waals surface area contributed by atoms with Crippen molar-refractivity contribution in [3.05, 3.63) is 66.2 Å². The van der Waals surface area contributed by atoms with E-state index in [0.29, 0.717) is 26.4 Å². The number of hydrogen-bond donors (Lipinski definition) is 1. The number of para-hydroxylation sites is 1. The number of rotatable bonds is 10. The summed E-state index contributed by atoms with van der Waals surface area (Å²) in [4.78, 5) is 12.5. The van der Waals surface area contributed by atoms with Crippen molar-refractivity contribution in [1.82, 2.24) is 5.43 Å². The zero-order valence-electron chi connectivity index (χ0n) is 14.9. The minimum Gasteiger partial charge on any atom is -0.379 e. The normalized spacial score (nSPS) is 11.8. The molecule has 0 aliphatic heterocycles. The molecule has 0 spiro atoms. The van der Waals surface area contributed by atoms with E-state index in [-0.39, 0.29) is 5.91 Å². The van der Waals surface area contributed by atoms with Crippen LogP contribution in [0.15, 0.2) is 60.7 Å². The van der Waals surface area contributed by atoms with Crippen LogP contribution in [0.25, 0.3) is 0 Å². The predicted molar refractivity (Wildman–Crippen MR) is 99.1 cm³/mol. The molecule has 2 aromatic carbocycles. The second-order valence-corrected chi connectivity index (χ2v) is 5.59. The molecule has 0 aliphatic rings. The van der Waals surface area contributed by atoms with Crippen LogP contribution in [0.2, 0.25) is 0 Å². The average molecular weight is 342 g/mol. The lowest BCUT2D eigenvalue weighted by atomic mass is 10.2. The Morgan fingerprint density at radius 1 is 1.04 bits per heavy atom. The van der Waals surface area contributed by atoms with E-state index in [1.54, 1.807) is 6.92 Å². The number of ether oxygens (including phenoxy) is 2. The van der Waals surface area contributed by atoms with Crippen LogP contribution in [-0.2, 0) is 20.8 Å². The molecule has 5 nitrogen and oxygen atoms in total. The number of benzene rings is 2. The second-order valence-electron chi connectivity index (χ2n) is 5.59. The van der Waals surface area contributed by atoms with Crippen LogP contribution in [0.5, 0.6) is 0 Å². The summed E-state index contributed by atoms with van der Waals surface area (Å²) in [7, 11) is 0. The summed E-state index contributed by atoms with van der Waals surface area (Å²) >= 11 is 0. The number of hydrazine groups is 1. The number of carbonyl (C=O) groups excluding carboxylic acids is 1. The number of nitrogens with one attached hydrogen (secondary N) is 1. The molecular formula is C20H26N2O3. The van der Waals surface area contributed by atoms with Gasteiger partial charge in [-0.15, -0.1) is 0 Å². The fourth-order valence-corrected chi connectivity index (χ4v) is 2.30. The van der Waals surface area contributed by atoms with Gasteiger partial charge >= 0.3 is 0 Å². The molecule has 1 unspecified atom stereocenters. The molecule has 1 N–H and O–H groups in total. The first-order chi connectivity index (χ1) is 12.2. The summed E-state index contributed by atoms with van der Waals surface area (Å²) in [6, 6.07) is 19.8. The van der Waals surface area contributed by atoms with Crippen molar-refractivity contribution in [2.45, 2.75) is 26.5 Å². The molecule has 1 atom stereocenters. The number of nitrogens with zero attached hydrogens (tertiary/aromatic N) is 1. The van der Waals surface area contributed by atoms with Gasteiger partial charge in [0, 0.05) is 6.61 Å². The molecule has 0 radical (unpaired) electrons. The Balaban J connectivity index is 1.99. The van der Waals surface area contributed by atoms with E-state index >= 15 is 0 Å². The summed E-state index contributed by atoms with van der Waals surface area (Å²) in [6.07, 6.45) is -0.553. The van der Waals surface area contributed by atoms with Gasteiger partial charge in [0.15, 0.2) is 0 Å². The van der Waals surface area contributed by atoms with Crippen molar-refractivity contribution in [3.63, 3.8) is 0 Å². The van der Waals surface area contributed by atoms with E-state index in [9.17, 15) is 4.79 Å². The van der Waals surface area contributed by atoms with Crippen molar-refractivity contribution < 1.29 is 14.3 Å². The number of amides is 1. The lowest BCUT2D eigenvalue weighted by Gasteiger charge is -2.27. The molecule has 0 heterocycles. The number of anilines is 1. The lowest BCUT2D eigenvalue weighted by molar-refractivity contribution is -0.132. The lowest BCUT2D eigenvalue weighted by Crippen LogP contribution is -2.46. The summed E-state index contributed by atoms with van der Waals surface area (Å²) in [6.45, 7) is 5.77. The maximum atomic E-state index is 12.5. The third-order valence-corrected chi connectivity index (χ3v) is 3.67. The molecule has 2 aromatic rings. The van der Waals surface area contributed by atoms with Crippen molar-refractivity contribution in [3.8, 4) is 0 Å². The summed E-state index contributed by atoms with van der Waals surface area (Å²) in [5.41, 5.74) is 4.98. The summed E-state index contributed by atoms with van der Waals surface area (Å²) in [5, 5.41) is 1.83. The molecule has 0 aromatic heterocycles. The average Bonchev–Trinajstić information content (AvgIpc) is 2.66. The van der Waals surface area contributed by atoms with Crippen molar-refractivity contribution in [2.75, 3.05) is 24.8 Å². The Morgan fingerprint density at radius 2 is 1.68 bits per heavy atom. The van der Waals surface area contributed by atoms with Crippen molar-refractivity contribution in [2.24, 2.45) is 0 Å². The van der Waals surface area contributed by atoms with E-state index in [1.165, 1.54) is 0 Å². The van der Waals surface area contributed by atoms with E-state index in [4.69, 9.17) is 9.47 Å². The van der Waals surface area contributed by atoms with Gasteiger partial charge in [0.2, 0.25) is 0 Å². The van der Waals surface area contributed by atoms with E-state index in [0.717, 1.165) is 11.3 Å². The van der Waals surface area contributed by atoms with Crippen LogP contribution in [0.3, 0.4) is 0 Å². The van der Waals surface area contributed by atoms with Gasteiger partial charge in [-0.25, -0.2) is 0 Å². The Morgan fingerprint density at radius 3 is 2.32 bits per heavy atom. The number of carbonyl (C=O) groups is 1. The van der Waals surface area contributed by atoms with Gasteiger partial charge in [0.05, 0.1) is 25.4 Å². The highest BCUT2D eigenvalue weighted by molar-refractivity contribution is 5.82. The zero-order chi connectivity index (χ0) is 17.9. The zero-order valence-corrected chi connectivity index (χ0v) is 14.9. The quantitative estimate of drug-likeness (QED) is 0.532. The minimum atomic E-state index is -0.553. The maximum absolute atomic E-state index is 12.5. The Kier molecular flexibility index (Phi) is 7.95. The SMILES string of the molecule is CCOCCOC(C)C(=O)NN(Cc1ccccc1)c1ccccc1. The van der Waals surface area contributed by atoms with Crippen LogP contribution in [0.1, 0.15) is 19.4 Å². The predicted octanol–water partition coefficient (Wildman–Crippen LogP) is 3.17. The van der Waals surface area contributed by atoms with E-state index in [1.807, 2.05) is 72.6 Å². The molecule has 0 saturated carbocycles. The van der Waals surface area contributed by atoms with Crippen LogP contribution < -0.4 is 10.4 Å². The molecule has 2 rings (SSSR count).